The van der Waals surface area contributed by atoms with Crippen molar-refractivity contribution in [2.24, 2.45) is 0 Å². The number of benzene rings is 3. The number of rotatable bonds is 8. The molecule has 1 amide bonds. The number of ether oxygens (including phenoxy) is 2. The largest absolute Gasteiger partial charge is 0.497 e. The van der Waals surface area contributed by atoms with E-state index in [4.69, 9.17) is 21.1 Å². The number of carbonyl (C=O) groups excluding carboxylic acids is 1. The summed E-state index contributed by atoms with van der Waals surface area (Å²) in [6.45, 7) is -0.603. The van der Waals surface area contributed by atoms with Crippen LogP contribution in [0.15, 0.2) is 71.6 Å². The molecule has 0 spiro atoms. The van der Waals surface area contributed by atoms with Crippen LogP contribution in [0.3, 0.4) is 0 Å². The Morgan fingerprint density at radius 2 is 1.71 bits per heavy atom. The van der Waals surface area contributed by atoms with Gasteiger partial charge in [0, 0.05) is 11.1 Å². The lowest BCUT2D eigenvalue weighted by molar-refractivity contribution is -0.137. The first-order valence-electron chi connectivity index (χ1n) is 9.54. The first-order chi connectivity index (χ1) is 16.0. The second kappa shape index (κ2) is 10.2. The highest BCUT2D eigenvalue weighted by atomic mass is 35.5. The molecule has 3 rings (SSSR count). The molecule has 0 aliphatic carbocycles. The Kier molecular flexibility index (Phi) is 7.57. The predicted molar refractivity (Wildman–Crippen MR) is 121 cm³/mol. The summed E-state index contributed by atoms with van der Waals surface area (Å²) in [5.74, 6) is -0.227. The van der Waals surface area contributed by atoms with E-state index in [0.717, 1.165) is 6.07 Å². The number of methoxy groups -OCH3 is 1. The zero-order chi connectivity index (χ0) is 24.9. The van der Waals surface area contributed by atoms with Crippen molar-refractivity contribution in [2.75, 3.05) is 23.8 Å². The Labute approximate surface area is 198 Å². The molecule has 2 N–H and O–H groups in total. The van der Waals surface area contributed by atoms with Crippen LogP contribution in [0.2, 0.25) is 5.02 Å². The number of hydrogen-bond donors (Lipinski definition) is 2. The summed E-state index contributed by atoms with van der Waals surface area (Å²) in [6.07, 6.45) is -4.71. The molecule has 0 heterocycles. The number of hydrogen-bond acceptors (Lipinski definition) is 5. The lowest BCUT2D eigenvalue weighted by Gasteiger charge is -2.14. The van der Waals surface area contributed by atoms with Gasteiger partial charge in [0.25, 0.3) is 15.9 Å². The highest BCUT2D eigenvalue weighted by Gasteiger charge is 2.34. The fraction of sp³-hybridized carbons (Fsp3) is 0.136. The maximum absolute atomic E-state index is 13.1. The monoisotopic (exact) mass is 514 g/mol. The quantitative estimate of drug-likeness (QED) is 0.432. The van der Waals surface area contributed by atoms with Crippen LogP contribution in [-0.2, 0) is 21.0 Å². The molecule has 180 valence electrons. The van der Waals surface area contributed by atoms with E-state index in [1.807, 2.05) is 0 Å². The van der Waals surface area contributed by atoms with Gasteiger partial charge < -0.3 is 14.8 Å². The van der Waals surface area contributed by atoms with Crippen molar-refractivity contribution in [3.05, 3.63) is 77.3 Å². The highest BCUT2D eigenvalue weighted by Crippen LogP contribution is 2.36. The molecule has 0 radical (unpaired) electrons. The van der Waals surface area contributed by atoms with E-state index in [-0.39, 0.29) is 15.7 Å². The van der Waals surface area contributed by atoms with Crippen LogP contribution >= 0.6 is 11.6 Å². The number of anilines is 2. The lowest BCUT2D eigenvalue weighted by atomic mass is 10.1. The van der Waals surface area contributed by atoms with Gasteiger partial charge >= 0.3 is 6.18 Å². The van der Waals surface area contributed by atoms with E-state index in [0.29, 0.717) is 17.5 Å². The molecule has 7 nitrogen and oxygen atoms in total. The van der Waals surface area contributed by atoms with Gasteiger partial charge in [-0.05, 0) is 54.6 Å². The van der Waals surface area contributed by atoms with Gasteiger partial charge in [0.1, 0.15) is 11.5 Å². The first kappa shape index (κ1) is 25.2. The fourth-order valence-corrected chi connectivity index (χ4v) is 4.03. The Morgan fingerprint density at radius 3 is 2.35 bits per heavy atom. The number of nitrogens with one attached hydrogen (secondary N) is 2. The minimum absolute atomic E-state index is 0.0666. The molecule has 0 saturated heterocycles. The van der Waals surface area contributed by atoms with E-state index in [2.05, 4.69) is 10.0 Å². The van der Waals surface area contributed by atoms with Gasteiger partial charge in [-0.1, -0.05) is 17.7 Å². The summed E-state index contributed by atoms with van der Waals surface area (Å²) in [7, 11) is -2.45. The molecule has 0 aromatic heterocycles. The van der Waals surface area contributed by atoms with Crippen molar-refractivity contribution in [2.45, 2.75) is 11.1 Å². The Morgan fingerprint density at radius 1 is 1.00 bits per heavy atom. The molecule has 0 saturated carbocycles. The summed E-state index contributed by atoms with van der Waals surface area (Å²) in [6, 6.07) is 14.5. The van der Waals surface area contributed by atoms with Gasteiger partial charge in [0.05, 0.1) is 28.9 Å². The average molecular weight is 515 g/mol. The van der Waals surface area contributed by atoms with Crippen molar-refractivity contribution < 1.29 is 35.9 Å². The van der Waals surface area contributed by atoms with Crippen molar-refractivity contribution in [1.29, 1.82) is 0 Å². The molecule has 0 fully saturated rings. The van der Waals surface area contributed by atoms with Crippen LogP contribution in [0.25, 0.3) is 0 Å². The molecule has 34 heavy (non-hydrogen) atoms. The van der Waals surface area contributed by atoms with Crippen molar-refractivity contribution in [3.8, 4) is 11.5 Å². The first-order valence-corrected chi connectivity index (χ1v) is 11.4. The van der Waals surface area contributed by atoms with E-state index in [9.17, 15) is 26.4 Å². The molecule has 0 bridgehead atoms. The zero-order valence-corrected chi connectivity index (χ0v) is 19.1. The zero-order valence-electron chi connectivity index (χ0n) is 17.5. The van der Waals surface area contributed by atoms with E-state index in [1.165, 1.54) is 43.5 Å². The third-order valence-electron chi connectivity index (χ3n) is 4.39. The topological polar surface area (TPSA) is 93.7 Å². The standard InChI is InChI=1S/C22H18ClF3N2O5S/c1-32-17-4-2-3-15(12-17)28-34(30,31)18-8-6-16(7-9-18)33-13-21(29)27-20-10-5-14(23)11-19(20)22(24,25)26/h2-12,28H,13H2,1H3,(H,27,29). The molecule has 12 heteroatoms. The third kappa shape index (κ3) is 6.55. The fourth-order valence-electron chi connectivity index (χ4n) is 2.81. The number of alkyl halides is 3. The van der Waals surface area contributed by atoms with E-state index >= 15 is 0 Å². The number of halogens is 4. The minimum Gasteiger partial charge on any atom is -0.497 e. The summed E-state index contributed by atoms with van der Waals surface area (Å²) in [4.78, 5) is 12.0. The van der Waals surface area contributed by atoms with Crippen LogP contribution < -0.4 is 19.5 Å². The van der Waals surface area contributed by atoms with Crippen molar-refractivity contribution >= 4 is 38.9 Å². The third-order valence-corrected chi connectivity index (χ3v) is 6.02. The SMILES string of the molecule is COc1cccc(NS(=O)(=O)c2ccc(OCC(=O)Nc3ccc(Cl)cc3C(F)(F)F)cc2)c1. The van der Waals surface area contributed by atoms with E-state index in [1.54, 1.807) is 18.2 Å². The molecule has 0 atom stereocenters. The number of carbonyl (C=O) groups is 1. The molecule has 0 aliphatic heterocycles. The molecule has 3 aromatic carbocycles. The van der Waals surface area contributed by atoms with Crippen LogP contribution in [0, 0.1) is 0 Å². The summed E-state index contributed by atoms with van der Waals surface area (Å²) in [5, 5.41) is 2.00. The van der Waals surface area contributed by atoms with Gasteiger partial charge in [0.2, 0.25) is 0 Å². The highest BCUT2D eigenvalue weighted by molar-refractivity contribution is 7.92. The maximum atomic E-state index is 13.1. The molecule has 3 aromatic rings. The van der Waals surface area contributed by atoms with E-state index < -0.39 is 40.0 Å². The Balaban J connectivity index is 1.62. The van der Waals surface area contributed by atoms with Crippen LogP contribution in [0.1, 0.15) is 5.56 Å². The summed E-state index contributed by atoms with van der Waals surface area (Å²) < 4.78 is 77.3. The maximum Gasteiger partial charge on any atom is 0.418 e. The molecule has 0 unspecified atom stereocenters. The lowest BCUT2D eigenvalue weighted by Crippen LogP contribution is -2.22. The van der Waals surface area contributed by atoms with Crippen LogP contribution in [0.4, 0.5) is 24.5 Å². The smallest absolute Gasteiger partial charge is 0.418 e. The van der Waals surface area contributed by atoms with Gasteiger partial charge in [-0.25, -0.2) is 8.42 Å². The Bertz CT molecular complexity index is 1280. The van der Waals surface area contributed by atoms with Crippen molar-refractivity contribution in [3.63, 3.8) is 0 Å². The van der Waals surface area contributed by atoms with Gasteiger partial charge in [0.15, 0.2) is 6.61 Å². The average Bonchev–Trinajstić information content (AvgIpc) is 2.78. The predicted octanol–water partition coefficient (Wildman–Crippen LogP) is 5.19. The number of amides is 1. The van der Waals surface area contributed by atoms with Crippen LogP contribution in [0.5, 0.6) is 11.5 Å². The summed E-state index contributed by atoms with van der Waals surface area (Å²) in [5.41, 5.74) is -1.25. The second-order valence-electron chi connectivity index (χ2n) is 6.83. The molecular formula is C22H18ClF3N2O5S. The van der Waals surface area contributed by atoms with Crippen LogP contribution in [-0.4, -0.2) is 28.0 Å². The normalized spacial score (nSPS) is 11.6. The van der Waals surface area contributed by atoms with Gasteiger partial charge in [-0.15, -0.1) is 0 Å². The number of sulfonamides is 1. The molecule has 0 aliphatic rings. The Hall–Kier alpha value is -3.44. The second-order valence-corrected chi connectivity index (χ2v) is 8.95. The summed E-state index contributed by atoms with van der Waals surface area (Å²) >= 11 is 5.61. The van der Waals surface area contributed by atoms with Crippen molar-refractivity contribution in [1.82, 2.24) is 0 Å². The minimum atomic E-state index is -4.71. The molecular weight excluding hydrogens is 497 g/mol. The van der Waals surface area contributed by atoms with Gasteiger partial charge in [-0.3, -0.25) is 9.52 Å². The van der Waals surface area contributed by atoms with Gasteiger partial charge in [-0.2, -0.15) is 13.2 Å².